The van der Waals surface area contributed by atoms with E-state index in [4.69, 9.17) is 4.74 Å². The van der Waals surface area contributed by atoms with Crippen LogP contribution in [0.15, 0.2) is 17.5 Å². The Morgan fingerprint density at radius 1 is 1.57 bits per heavy atom. The van der Waals surface area contributed by atoms with E-state index in [0.29, 0.717) is 23.9 Å². The van der Waals surface area contributed by atoms with Gasteiger partial charge in [-0.1, -0.05) is 13.0 Å². The van der Waals surface area contributed by atoms with Gasteiger partial charge in [0.05, 0.1) is 6.10 Å². The van der Waals surface area contributed by atoms with Gasteiger partial charge >= 0.3 is 12.0 Å². The monoisotopic (exact) mass is 312 g/mol. The van der Waals surface area contributed by atoms with Gasteiger partial charge in [0.2, 0.25) is 0 Å². The van der Waals surface area contributed by atoms with Crippen LogP contribution < -0.4 is 5.32 Å². The molecule has 1 aromatic rings. The van der Waals surface area contributed by atoms with E-state index < -0.39 is 12.0 Å². The lowest BCUT2D eigenvalue weighted by Gasteiger charge is -2.36. The van der Waals surface area contributed by atoms with Crippen molar-refractivity contribution in [1.29, 1.82) is 0 Å². The molecule has 2 N–H and O–H groups in total. The van der Waals surface area contributed by atoms with Crippen molar-refractivity contribution in [1.82, 2.24) is 10.2 Å². The lowest BCUT2D eigenvalue weighted by molar-refractivity contribution is -0.139. The molecule has 0 bridgehead atoms. The normalized spacial score (nSPS) is 23.6. The van der Waals surface area contributed by atoms with Gasteiger partial charge in [-0.3, -0.25) is 0 Å². The number of piperidine rings is 1. The van der Waals surface area contributed by atoms with E-state index in [1.165, 1.54) is 11.3 Å². The number of carboxylic acids is 1. The summed E-state index contributed by atoms with van der Waals surface area (Å²) in [5.41, 5.74) is 0. The molecular weight excluding hydrogens is 292 g/mol. The van der Waals surface area contributed by atoms with Gasteiger partial charge in [0.25, 0.3) is 0 Å². The molecule has 0 saturated carbocycles. The molecule has 2 rings (SSSR count). The molecule has 0 aliphatic carbocycles. The standard InChI is InChI=1S/C14H20N2O4S/c1-9-5-6-16(8-10(9)20-2)14(19)15-12(13(17)18)11-4-3-7-21-11/h3-4,7,9-10,12H,5-6,8H2,1-2H3,(H,15,19)(H,17,18). The number of carboxylic acid groups (broad SMARTS) is 1. The number of urea groups is 1. The van der Waals surface area contributed by atoms with E-state index >= 15 is 0 Å². The van der Waals surface area contributed by atoms with Gasteiger partial charge < -0.3 is 20.1 Å². The first kappa shape index (κ1) is 15.8. The molecule has 1 saturated heterocycles. The summed E-state index contributed by atoms with van der Waals surface area (Å²) in [5, 5.41) is 13.7. The Morgan fingerprint density at radius 3 is 2.90 bits per heavy atom. The second kappa shape index (κ2) is 6.91. The molecule has 1 aliphatic heterocycles. The summed E-state index contributed by atoms with van der Waals surface area (Å²) in [6.45, 7) is 3.19. The van der Waals surface area contributed by atoms with Crippen LogP contribution in [0.3, 0.4) is 0 Å². The van der Waals surface area contributed by atoms with E-state index in [1.807, 2.05) is 0 Å². The van der Waals surface area contributed by atoms with Crippen molar-refractivity contribution in [2.45, 2.75) is 25.5 Å². The molecule has 1 aliphatic rings. The Bertz CT molecular complexity index is 491. The van der Waals surface area contributed by atoms with Crippen LogP contribution in [0.5, 0.6) is 0 Å². The summed E-state index contributed by atoms with van der Waals surface area (Å²) >= 11 is 1.31. The highest BCUT2D eigenvalue weighted by Crippen LogP contribution is 2.22. The average molecular weight is 312 g/mol. The zero-order chi connectivity index (χ0) is 15.4. The van der Waals surface area contributed by atoms with Gasteiger partial charge in [0, 0.05) is 25.1 Å². The van der Waals surface area contributed by atoms with Gasteiger partial charge in [-0.25, -0.2) is 9.59 Å². The third kappa shape index (κ3) is 3.74. The van der Waals surface area contributed by atoms with Crippen LogP contribution in [0, 0.1) is 5.92 Å². The van der Waals surface area contributed by atoms with Crippen LogP contribution in [0.1, 0.15) is 24.3 Å². The number of nitrogens with one attached hydrogen (secondary N) is 1. The fourth-order valence-electron chi connectivity index (χ4n) is 2.45. The Kier molecular flexibility index (Phi) is 5.19. The Balaban J connectivity index is 2.01. The Labute approximate surface area is 127 Å². The minimum atomic E-state index is -1.06. The molecule has 2 amide bonds. The topological polar surface area (TPSA) is 78.9 Å². The molecule has 3 unspecified atom stereocenters. The summed E-state index contributed by atoms with van der Waals surface area (Å²) in [6, 6.07) is 2.12. The first-order valence-corrected chi connectivity index (χ1v) is 7.75. The molecule has 7 heteroatoms. The smallest absolute Gasteiger partial charge is 0.331 e. The molecule has 2 heterocycles. The van der Waals surface area contributed by atoms with Gasteiger partial charge in [0.1, 0.15) is 0 Å². The van der Waals surface area contributed by atoms with E-state index in [2.05, 4.69) is 12.2 Å². The summed E-state index contributed by atoms with van der Waals surface area (Å²) in [5.74, 6) is -0.661. The predicted octanol–water partition coefficient (Wildman–Crippen LogP) is 1.94. The first-order chi connectivity index (χ1) is 10.0. The van der Waals surface area contributed by atoms with Crippen LogP contribution in [0.4, 0.5) is 4.79 Å². The number of amides is 2. The largest absolute Gasteiger partial charge is 0.479 e. The number of aliphatic carboxylic acids is 1. The summed E-state index contributed by atoms with van der Waals surface area (Å²) in [7, 11) is 1.63. The number of methoxy groups -OCH3 is 1. The number of hydrogen-bond acceptors (Lipinski definition) is 4. The highest BCUT2D eigenvalue weighted by Gasteiger charge is 2.31. The third-order valence-electron chi connectivity index (χ3n) is 3.82. The van der Waals surface area contributed by atoms with Crippen molar-refractivity contribution in [3.63, 3.8) is 0 Å². The van der Waals surface area contributed by atoms with Crippen LogP contribution in [0.2, 0.25) is 0 Å². The highest BCUT2D eigenvalue weighted by molar-refractivity contribution is 7.10. The van der Waals surface area contributed by atoms with Crippen LogP contribution in [0.25, 0.3) is 0 Å². The number of ether oxygens (including phenoxy) is 1. The molecule has 21 heavy (non-hydrogen) atoms. The van der Waals surface area contributed by atoms with Crippen molar-refractivity contribution < 1.29 is 19.4 Å². The van der Waals surface area contributed by atoms with Crippen LogP contribution >= 0.6 is 11.3 Å². The Hall–Kier alpha value is -1.60. The molecule has 0 radical (unpaired) electrons. The van der Waals surface area contributed by atoms with Crippen LogP contribution in [-0.2, 0) is 9.53 Å². The maximum atomic E-state index is 12.3. The number of thiophene rings is 1. The highest BCUT2D eigenvalue weighted by atomic mass is 32.1. The third-order valence-corrected chi connectivity index (χ3v) is 4.76. The van der Waals surface area contributed by atoms with Gasteiger partial charge in [0.15, 0.2) is 6.04 Å². The van der Waals surface area contributed by atoms with E-state index in [0.717, 1.165) is 6.42 Å². The van der Waals surface area contributed by atoms with E-state index in [1.54, 1.807) is 29.5 Å². The summed E-state index contributed by atoms with van der Waals surface area (Å²) in [6.07, 6.45) is 0.845. The maximum absolute atomic E-state index is 12.3. The van der Waals surface area contributed by atoms with E-state index in [9.17, 15) is 14.7 Å². The molecular formula is C14H20N2O4S. The molecule has 6 nitrogen and oxygen atoms in total. The first-order valence-electron chi connectivity index (χ1n) is 6.87. The van der Waals surface area contributed by atoms with Crippen molar-refractivity contribution >= 4 is 23.3 Å². The number of rotatable bonds is 4. The van der Waals surface area contributed by atoms with Crippen molar-refractivity contribution in [2.24, 2.45) is 5.92 Å². The molecule has 1 aromatic heterocycles. The van der Waals surface area contributed by atoms with Crippen LogP contribution in [-0.4, -0.2) is 48.3 Å². The maximum Gasteiger partial charge on any atom is 0.331 e. The lowest BCUT2D eigenvalue weighted by atomic mass is 9.96. The minimum Gasteiger partial charge on any atom is -0.479 e. The number of carbonyl (C=O) groups is 2. The lowest BCUT2D eigenvalue weighted by Crippen LogP contribution is -2.51. The molecule has 0 spiro atoms. The Morgan fingerprint density at radius 2 is 2.33 bits per heavy atom. The van der Waals surface area contributed by atoms with Gasteiger partial charge in [-0.2, -0.15) is 0 Å². The quantitative estimate of drug-likeness (QED) is 0.890. The number of carbonyl (C=O) groups excluding carboxylic acids is 1. The molecule has 0 aromatic carbocycles. The fraction of sp³-hybridized carbons (Fsp3) is 0.571. The summed E-state index contributed by atoms with van der Waals surface area (Å²) < 4.78 is 5.37. The molecule has 116 valence electrons. The zero-order valence-corrected chi connectivity index (χ0v) is 12.9. The fourth-order valence-corrected chi connectivity index (χ4v) is 3.22. The number of nitrogens with zero attached hydrogens (tertiary/aromatic N) is 1. The minimum absolute atomic E-state index is 0.00508. The second-order valence-corrected chi connectivity index (χ2v) is 6.20. The van der Waals surface area contributed by atoms with Gasteiger partial charge in [-0.05, 0) is 23.8 Å². The number of likely N-dealkylation sites (tertiary alicyclic amines) is 1. The number of hydrogen-bond donors (Lipinski definition) is 2. The SMILES string of the molecule is COC1CN(C(=O)NC(C(=O)O)c2cccs2)CCC1C. The zero-order valence-electron chi connectivity index (χ0n) is 12.1. The van der Waals surface area contributed by atoms with Crippen molar-refractivity contribution in [3.05, 3.63) is 22.4 Å². The van der Waals surface area contributed by atoms with Crippen molar-refractivity contribution in [3.8, 4) is 0 Å². The average Bonchev–Trinajstić information content (AvgIpc) is 2.98. The van der Waals surface area contributed by atoms with E-state index in [-0.39, 0.29) is 12.1 Å². The summed E-state index contributed by atoms with van der Waals surface area (Å²) in [4.78, 5) is 25.9. The molecule has 3 atom stereocenters. The predicted molar refractivity (Wildman–Crippen MR) is 79.4 cm³/mol. The van der Waals surface area contributed by atoms with Gasteiger partial charge in [-0.15, -0.1) is 11.3 Å². The van der Waals surface area contributed by atoms with Crippen molar-refractivity contribution in [2.75, 3.05) is 20.2 Å². The molecule has 1 fully saturated rings. The second-order valence-electron chi connectivity index (χ2n) is 5.22.